The second kappa shape index (κ2) is 8.12. The van der Waals surface area contributed by atoms with E-state index in [2.05, 4.69) is 12.2 Å². The number of nitrogens with one attached hydrogen (secondary N) is 1. The fourth-order valence-electron chi connectivity index (χ4n) is 0.807. The molecule has 0 saturated carbocycles. The predicted octanol–water partition coefficient (Wildman–Crippen LogP) is 1.61. The van der Waals surface area contributed by atoms with Gasteiger partial charge in [-0.25, -0.2) is 0 Å². The molecule has 0 rings (SSSR count). The Labute approximate surface area is 90.7 Å². The van der Waals surface area contributed by atoms with Gasteiger partial charge in [-0.05, 0) is 18.1 Å². The van der Waals surface area contributed by atoms with Crippen molar-refractivity contribution in [2.75, 3.05) is 12.3 Å². The number of thioether (sulfide) groups is 1. The topological polar surface area (TPSA) is 49.3 Å². The average molecular weight is 219 g/mol. The zero-order valence-corrected chi connectivity index (χ0v) is 10.1. The van der Waals surface area contributed by atoms with Gasteiger partial charge >= 0.3 is 0 Å². The molecule has 0 aliphatic carbocycles. The number of aliphatic hydroxyl groups excluding tert-OH is 1. The quantitative estimate of drug-likeness (QED) is 0.505. The lowest BCUT2D eigenvalue weighted by Gasteiger charge is -2.12. The van der Waals surface area contributed by atoms with Crippen LogP contribution in [0, 0.1) is 5.92 Å². The number of rotatable bonds is 7. The molecule has 3 nitrogen and oxygen atoms in total. The summed E-state index contributed by atoms with van der Waals surface area (Å²) in [6, 6.07) is 0. The van der Waals surface area contributed by atoms with Gasteiger partial charge in [0.1, 0.15) is 0 Å². The van der Waals surface area contributed by atoms with Crippen LogP contribution in [0.3, 0.4) is 0 Å². The number of carbonyl (C=O) groups excluding carboxylic acids is 1. The summed E-state index contributed by atoms with van der Waals surface area (Å²) in [6.07, 6.45) is 2.13. The molecule has 0 saturated heterocycles. The Hall–Kier alpha value is -0.220. The Morgan fingerprint density at radius 3 is 2.64 bits per heavy atom. The Morgan fingerprint density at radius 1 is 1.50 bits per heavy atom. The summed E-state index contributed by atoms with van der Waals surface area (Å²) in [6.45, 7) is 6.77. The third-order valence-corrected chi connectivity index (χ3v) is 2.74. The smallest absolute Gasteiger partial charge is 0.259 e. The molecule has 0 aliphatic heterocycles. The fourth-order valence-corrected chi connectivity index (χ4v) is 1.72. The highest BCUT2D eigenvalue weighted by molar-refractivity contribution is 8.00. The minimum atomic E-state index is -0.903. The number of aliphatic hydroxyl groups is 1. The van der Waals surface area contributed by atoms with E-state index in [0.717, 1.165) is 18.6 Å². The van der Waals surface area contributed by atoms with Crippen LogP contribution in [-0.4, -0.2) is 28.7 Å². The molecule has 1 unspecified atom stereocenters. The molecular formula is C10H21NO2S. The summed E-state index contributed by atoms with van der Waals surface area (Å²) in [4.78, 5) is 11.3. The molecule has 4 heteroatoms. The molecule has 0 bridgehead atoms. The van der Waals surface area contributed by atoms with Crippen molar-refractivity contribution in [3.63, 3.8) is 0 Å². The van der Waals surface area contributed by atoms with Gasteiger partial charge in [-0.1, -0.05) is 27.2 Å². The molecule has 2 N–H and O–H groups in total. The Kier molecular flexibility index (Phi) is 7.99. The van der Waals surface area contributed by atoms with Crippen LogP contribution in [0.25, 0.3) is 0 Å². The van der Waals surface area contributed by atoms with Crippen molar-refractivity contribution < 1.29 is 9.90 Å². The maximum Gasteiger partial charge on any atom is 0.259 e. The fraction of sp³-hybridized carbons (Fsp3) is 0.900. The van der Waals surface area contributed by atoms with Crippen molar-refractivity contribution in [1.29, 1.82) is 0 Å². The van der Waals surface area contributed by atoms with Crippen LogP contribution >= 0.6 is 11.8 Å². The molecule has 1 amide bonds. The highest BCUT2D eigenvalue weighted by Gasteiger charge is 2.14. The zero-order chi connectivity index (χ0) is 11.0. The largest absolute Gasteiger partial charge is 0.373 e. The number of hydrogen-bond acceptors (Lipinski definition) is 3. The Morgan fingerprint density at radius 2 is 2.14 bits per heavy atom. The van der Waals surface area contributed by atoms with Crippen LogP contribution in [0.5, 0.6) is 0 Å². The van der Waals surface area contributed by atoms with E-state index < -0.39 is 5.44 Å². The average Bonchev–Trinajstić information content (AvgIpc) is 2.14. The first-order chi connectivity index (χ1) is 6.57. The summed E-state index contributed by atoms with van der Waals surface area (Å²) in [5.41, 5.74) is -0.903. The highest BCUT2D eigenvalue weighted by atomic mass is 32.2. The minimum absolute atomic E-state index is 0.264. The molecule has 1 atom stereocenters. The van der Waals surface area contributed by atoms with Gasteiger partial charge in [-0.15, -0.1) is 11.8 Å². The molecule has 84 valence electrons. The molecule has 0 spiro atoms. The van der Waals surface area contributed by atoms with Crippen LogP contribution < -0.4 is 5.32 Å². The predicted molar refractivity (Wildman–Crippen MR) is 61.2 cm³/mol. The van der Waals surface area contributed by atoms with Gasteiger partial charge in [-0.3, -0.25) is 4.79 Å². The van der Waals surface area contributed by atoms with Crippen LogP contribution in [0.2, 0.25) is 0 Å². The first-order valence-corrected chi connectivity index (χ1v) is 6.20. The van der Waals surface area contributed by atoms with Crippen LogP contribution in [0.1, 0.15) is 33.6 Å². The summed E-state index contributed by atoms with van der Waals surface area (Å²) < 4.78 is 0. The van der Waals surface area contributed by atoms with E-state index in [0.29, 0.717) is 12.5 Å². The van der Waals surface area contributed by atoms with Crippen LogP contribution in [-0.2, 0) is 4.79 Å². The van der Waals surface area contributed by atoms with Crippen molar-refractivity contribution in [3.8, 4) is 0 Å². The maximum absolute atomic E-state index is 11.3. The molecule has 0 fully saturated rings. The lowest BCUT2D eigenvalue weighted by atomic mass is 10.2. The van der Waals surface area contributed by atoms with Crippen molar-refractivity contribution in [3.05, 3.63) is 0 Å². The van der Waals surface area contributed by atoms with Gasteiger partial charge in [0.15, 0.2) is 5.44 Å². The third-order valence-electron chi connectivity index (χ3n) is 1.68. The molecule has 0 aromatic rings. The normalized spacial score (nSPS) is 12.9. The monoisotopic (exact) mass is 219 g/mol. The summed E-state index contributed by atoms with van der Waals surface area (Å²) in [5, 5.41) is 12.1. The van der Waals surface area contributed by atoms with E-state index in [-0.39, 0.29) is 5.91 Å². The molecule has 0 radical (unpaired) electrons. The number of carbonyl (C=O) groups is 1. The SMILES string of the molecule is CCCCSC(O)C(=O)NCC(C)C. The Balaban J connectivity index is 3.54. The van der Waals surface area contributed by atoms with Crippen molar-refractivity contribution in [2.24, 2.45) is 5.92 Å². The first-order valence-electron chi connectivity index (χ1n) is 5.15. The van der Waals surface area contributed by atoms with Gasteiger partial charge < -0.3 is 10.4 Å². The number of amides is 1. The molecular weight excluding hydrogens is 198 g/mol. The lowest BCUT2D eigenvalue weighted by Crippen LogP contribution is -2.35. The Bertz CT molecular complexity index is 162. The van der Waals surface area contributed by atoms with Gasteiger partial charge in [0.25, 0.3) is 5.91 Å². The van der Waals surface area contributed by atoms with E-state index in [1.54, 1.807) is 0 Å². The van der Waals surface area contributed by atoms with E-state index in [1.165, 1.54) is 11.8 Å². The summed E-state index contributed by atoms with van der Waals surface area (Å²) in [7, 11) is 0. The van der Waals surface area contributed by atoms with Crippen molar-refractivity contribution in [2.45, 2.75) is 39.0 Å². The first kappa shape index (κ1) is 13.8. The standard InChI is InChI=1S/C10H21NO2S/c1-4-5-6-14-10(13)9(12)11-7-8(2)3/h8,10,13H,4-7H2,1-3H3,(H,11,12). The molecule has 0 aliphatic rings. The van der Waals surface area contributed by atoms with Gasteiger partial charge in [0, 0.05) is 6.54 Å². The lowest BCUT2D eigenvalue weighted by molar-refractivity contribution is -0.125. The number of unbranched alkanes of at least 4 members (excludes halogenated alkanes) is 1. The van der Waals surface area contributed by atoms with Crippen molar-refractivity contribution in [1.82, 2.24) is 5.32 Å². The van der Waals surface area contributed by atoms with E-state index in [1.807, 2.05) is 13.8 Å². The van der Waals surface area contributed by atoms with Gasteiger partial charge in [-0.2, -0.15) is 0 Å². The molecule has 0 aromatic carbocycles. The summed E-state index contributed by atoms with van der Waals surface area (Å²) >= 11 is 1.30. The zero-order valence-electron chi connectivity index (χ0n) is 9.25. The van der Waals surface area contributed by atoms with Gasteiger partial charge in [0.05, 0.1) is 0 Å². The summed E-state index contributed by atoms with van der Waals surface area (Å²) in [5.74, 6) is 0.999. The molecule has 0 aromatic heterocycles. The number of hydrogen-bond donors (Lipinski definition) is 2. The second-order valence-electron chi connectivity index (χ2n) is 3.72. The third kappa shape index (κ3) is 7.21. The maximum atomic E-state index is 11.3. The van der Waals surface area contributed by atoms with Crippen molar-refractivity contribution >= 4 is 17.7 Å². The van der Waals surface area contributed by atoms with E-state index in [4.69, 9.17) is 0 Å². The molecule has 0 heterocycles. The van der Waals surface area contributed by atoms with Gasteiger partial charge in [0.2, 0.25) is 0 Å². The van der Waals surface area contributed by atoms with E-state index >= 15 is 0 Å². The van der Waals surface area contributed by atoms with Crippen LogP contribution in [0.4, 0.5) is 0 Å². The van der Waals surface area contributed by atoms with Crippen LogP contribution in [0.15, 0.2) is 0 Å². The highest BCUT2D eigenvalue weighted by Crippen LogP contribution is 2.10. The molecule has 14 heavy (non-hydrogen) atoms. The second-order valence-corrected chi connectivity index (χ2v) is 4.90. The van der Waals surface area contributed by atoms with E-state index in [9.17, 15) is 9.90 Å². The minimum Gasteiger partial charge on any atom is -0.373 e.